The van der Waals surface area contributed by atoms with Gasteiger partial charge in [0, 0.05) is 31.0 Å². The summed E-state index contributed by atoms with van der Waals surface area (Å²) >= 11 is 0. The van der Waals surface area contributed by atoms with Crippen LogP contribution in [0.1, 0.15) is 13.8 Å². The fourth-order valence-electron chi connectivity index (χ4n) is 2.62. The summed E-state index contributed by atoms with van der Waals surface area (Å²) < 4.78 is 10.3. The lowest BCUT2D eigenvalue weighted by atomic mass is 10.1. The van der Waals surface area contributed by atoms with Gasteiger partial charge in [0.1, 0.15) is 11.5 Å². The number of benzene rings is 2. The maximum atomic E-state index is 11.1. The highest BCUT2D eigenvalue weighted by Gasteiger charge is 2.14. The molecule has 0 aliphatic carbocycles. The van der Waals surface area contributed by atoms with Gasteiger partial charge in [0.25, 0.3) is 5.69 Å². The van der Waals surface area contributed by atoms with Crippen LogP contribution in [0.2, 0.25) is 0 Å². The summed E-state index contributed by atoms with van der Waals surface area (Å²) in [5.41, 5.74) is 8.77. The number of nitrogens with zero attached hydrogens (tertiary/aromatic N) is 2. The quantitative estimate of drug-likeness (QED) is 0.215. The molecule has 0 unspecified atom stereocenters. The first-order chi connectivity index (χ1) is 14.1. The van der Waals surface area contributed by atoms with Crippen LogP contribution in [0.15, 0.2) is 36.4 Å². The molecule has 0 saturated heterocycles. The van der Waals surface area contributed by atoms with Crippen molar-refractivity contribution in [1.82, 2.24) is 9.97 Å². The molecule has 3 aromatic rings. The number of imidazole rings is 1. The van der Waals surface area contributed by atoms with E-state index >= 15 is 0 Å². The Kier molecular flexibility index (Phi) is 8.38. The Morgan fingerprint density at radius 3 is 2.69 bits per heavy atom. The Hall–Kier alpha value is -3.17. The van der Waals surface area contributed by atoms with Crippen molar-refractivity contribution in [2.24, 2.45) is 0 Å². The molecule has 0 atom stereocenters. The van der Waals surface area contributed by atoms with Crippen LogP contribution in [-0.4, -0.2) is 48.4 Å². The molecule has 0 amide bonds. The van der Waals surface area contributed by atoms with Crippen molar-refractivity contribution in [3.8, 4) is 11.4 Å². The van der Waals surface area contributed by atoms with Crippen LogP contribution in [0.4, 0.5) is 17.1 Å². The molecule has 0 aliphatic heterocycles. The second-order valence-corrected chi connectivity index (χ2v) is 5.88. The molecule has 1 aromatic heterocycles. The normalized spacial score (nSPS) is 10.4. The molecule has 1 heterocycles. The number of nitro benzene ring substituents is 1. The fraction of sp³-hybridized carbons (Fsp3) is 0.350. The summed E-state index contributed by atoms with van der Waals surface area (Å²) in [4.78, 5) is 18.3. The van der Waals surface area contributed by atoms with Gasteiger partial charge in [-0.15, -0.1) is 0 Å². The third kappa shape index (κ3) is 5.90. The van der Waals surface area contributed by atoms with Crippen LogP contribution in [0.25, 0.3) is 22.4 Å². The minimum Gasteiger partial charge on any atom is -0.393 e. The van der Waals surface area contributed by atoms with E-state index in [4.69, 9.17) is 15.2 Å². The Balaban J connectivity index is 0.00000145. The van der Waals surface area contributed by atoms with Crippen molar-refractivity contribution < 1.29 is 14.4 Å². The van der Waals surface area contributed by atoms with Gasteiger partial charge in [0.2, 0.25) is 0 Å². The molecule has 2 aromatic carbocycles. The summed E-state index contributed by atoms with van der Waals surface area (Å²) in [5, 5.41) is 14.3. The number of rotatable bonds is 9. The number of hydrogen-bond acceptors (Lipinski definition) is 7. The minimum absolute atomic E-state index is 0.124. The third-order valence-corrected chi connectivity index (χ3v) is 3.99. The zero-order valence-corrected chi connectivity index (χ0v) is 16.9. The van der Waals surface area contributed by atoms with E-state index in [0.29, 0.717) is 37.8 Å². The monoisotopic (exact) mass is 401 g/mol. The van der Waals surface area contributed by atoms with E-state index in [1.54, 1.807) is 13.2 Å². The Labute approximate surface area is 169 Å². The molecule has 0 spiro atoms. The molecule has 29 heavy (non-hydrogen) atoms. The summed E-state index contributed by atoms with van der Waals surface area (Å²) in [6.07, 6.45) is 0. The first kappa shape index (κ1) is 22.1. The van der Waals surface area contributed by atoms with Crippen LogP contribution in [0, 0.1) is 10.1 Å². The summed E-state index contributed by atoms with van der Waals surface area (Å²) in [5.74, 6) is 0.549. The van der Waals surface area contributed by atoms with Crippen molar-refractivity contribution >= 4 is 28.1 Å². The zero-order chi connectivity index (χ0) is 21.2. The number of nitrogen functional groups attached to an aromatic ring is 1. The highest BCUT2D eigenvalue weighted by atomic mass is 16.6. The van der Waals surface area contributed by atoms with E-state index in [1.807, 2.05) is 32.0 Å². The van der Waals surface area contributed by atoms with E-state index in [1.165, 1.54) is 12.1 Å². The average molecular weight is 401 g/mol. The van der Waals surface area contributed by atoms with Crippen LogP contribution < -0.4 is 11.1 Å². The Morgan fingerprint density at radius 1 is 1.17 bits per heavy atom. The molecule has 0 saturated carbocycles. The highest BCUT2D eigenvalue weighted by molar-refractivity contribution is 5.83. The molecular formula is C20H27N5O4. The number of anilines is 2. The van der Waals surface area contributed by atoms with Crippen molar-refractivity contribution in [2.75, 3.05) is 44.5 Å². The van der Waals surface area contributed by atoms with E-state index in [2.05, 4.69) is 15.3 Å². The molecule has 0 aliphatic rings. The van der Waals surface area contributed by atoms with E-state index in [-0.39, 0.29) is 11.4 Å². The van der Waals surface area contributed by atoms with Crippen LogP contribution in [0.3, 0.4) is 0 Å². The smallest absolute Gasteiger partial charge is 0.292 e. The zero-order valence-electron chi connectivity index (χ0n) is 16.9. The number of ether oxygens (including phenoxy) is 2. The molecule has 9 nitrogen and oxygen atoms in total. The number of fused-ring (bicyclic) bond motifs is 1. The van der Waals surface area contributed by atoms with Crippen molar-refractivity contribution in [1.29, 1.82) is 0 Å². The van der Waals surface area contributed by atoms with E-state index in [0.717, 1.165) is 16.7 Å². The number of nitrogens with one attached hydrogen (secondary N) is 2. The van der Waals surface area contributed by atoms with Crippen LogP contribution >= 0.6 is 0 Å². The molecule has 4 N–H and O–H groups in total. The number of methoxy groups -OCH3 is 1. The lowest BCUT2D eigenvalue weighted by Crippen LogP contribution is -2.11. The van der Waals surface area contributed by atoms with Gasteiger partial charge in [0.05, 0.1) is 35.8 Å². The first-order valence-corrected chi connectivity index (χ1v) is 9.43. The van der Waals surface area contributed by atoms with Gasteiger partial charge in [0.15, 0.2) is 0 Å². The average Bonchev–Trinajstić information content (AvgIpc) is 3.15. The standard InChI is InChI=1S/C18H21N5O4.C2H6/c1-26-8-9-27-7-6-20-13-3-5-15-16(11-13)22-18(21-15)12-2-4-14(19)17(10-12)23(24)25;1-2/h2-5,10-11,20H,6-9,19H2,1H3,(H,21,22);1-2H3. The highest BCUT2D eigenvalue weighted by Crippen LogP contribution is 2.29. The van der Waals surface area contributed by atoms with Crippen LogP contribution in [0.5, 0.6) is 0 Å². The van der Waals surface area contributed by atoms with Gasteiger partial charge in [-0.2, -0.15) is 0 Å². The second kappa shape index (κ2) is 11.0. The van der Waals surface area contributed by atoms with Crippen molar-refractivity contribution in [3.05, 3.63) is 46.5 Å². The third-order valence-electron chi connectivity index (χ3n) is 3.99. The largest absolute Gasteiger partial charge is 0.393 e. The molecule has 0 radical (unpaired) electrons. The lowest BCUT2D eigenvalue weighted by Gasteiger charge is -2.07. The predicted molar refractivity (Wildman–Crippen MR) is 115 cm³/mol. The Bertz CT molecular complexity index is 942. The summed E-state index contributed by atoms with van der Waals surface area (Å²) in [6, 6.07) is 10.4. The maximum absolute atomic E-state index is 11.1. The van der Waals surface area contributed by atoms with Crippen molar-refractivity contribution in [3.63, 3.8) is 0 Å². The van der Waals surface area contributed by atoms with Gasteiger partial charge in [-0.05, 0) is 30.3 Å². The number of H-pyrrole nitrogens is 1. The summed E-state index contributed by atoms with van der Waals surface area (Å²) in [7, 11) is 1.64. The molecule has 156 valence electrons. The minimum atomic E-state index is -0.502. The summed E-state index contributed by atoms with van der Waals surface area (Å²) in [6.45, 7) is 6.38. The van der Waals surface area contributed by atoms with E-state index < -0.39 is 4.92 Å². The molecule has 9 heteroatoms. The number of nitro groups is 1. The van der Waals surface area contributed by atoms with Gasteiger partial charge in [-0.3, -0.25) is 10.1 Å². The molecular weight excluding hydrogens is 374 g/mol. The van der Waals surface area contributed by atoms with Crippen LogP contribution in [-0.2, 0) is 9.47 Å². The topological polar surface area (TPSA) is 128 Å². The Morgan fingerprint density at radius 2 is 1.97 bits per heavy atom. The van der Waals surface area contributed by atoms with E-state index in [9.17, 15) is 10.1 Å². The van der Waals surface area contributed by atoms with Gasteiger partial charge in [-0.1, -0.05) is 13.8 Å². The molecule has 3 rings (SSSR count). The number of aromatic nitrogens is 2. The lowest BCUT2D eigenvalue weighted by molar-refractivity contribution is -0.383. The van der Waals surface area contributed by atoms with Gasteiger partial charge >= 0.3 is 0 Å². The number of nitrogens with two attached hydrogens (primary N) is 1. The van der Waals surface area contributed by atoms with Gasteiger partial charge in [-0.25, -0.2) is 4.98 Å². The fourth-order valence-corrected chi connectivity index (χ4v) is 2.62. The SMILES string of the molecule is CC.COCCOCCNc1ccc2nc(-c3ccc(N)c([N+](=O)[O-])c3)[nH]c2c1. The van der Waals surface area contributed by atoms with Crippen molar-refractivity contribution in [2.45, 2.75) is 13.8 Å². The number of aromatic amines is 1. The predicted octanol–water partition coefficient (Wildman–Crippen LogP) is 3.82. The first-order valence-electron chi connectivity index (χ1n) is 9.43. The maximum Gasteiger partial charge on any atom is 0.292 e. The molecule has 0 bridgehead atoms. The number of hydrogen-bond donors (Lipinski definition) is 3. The van der Waals surface area contributed by atoms with Gasteiger partial charge < -0.3 is 25.5 Å². The molecule has 0 fully saturated rings. The second-order valence-electron chi connectivity index (χ2n) is 5.88.